The van der Waals surface area contributed by atoms with E-state index in [0.29, 0.717) is 6.61 Å². The summed E-state index contributed by atoms with van der Waals surface area (Å²) in [4.78, 5) is 8.86. The van der Waals surface area contributed by atoms with Crippen LogP contribution in [0.2, 0.25) is 0 Å². The Balaban J connectivity index is 0.00000363. The predicted molar refractivity (Wildman–Crippen MR) is 143 cm³/mol. The molecule has 2 aromatic carbocycles. The van der Waals surface area contributed by atoms with Crippen molar-refractivity contribution in [3.05, 3.63) is 65.9 Å². The van der Waals surface area contributed by atoms with Gasteiger partial charge in [-0.2, -0.15) is 0 Å². The van der Waals surface area contributed by atoms with Gasteiger partial charge in [-0.1, -0.05) is 30.3 Å². The minimum Gasteiger partial charge on any atom is -0.493 e. The number of rotatable bonds is 10. The third-order valence-corrected chi connectivity index (χ3v) is 5.09. The van der Waals surface area contributed by atoms with Gasteiger partial charge in [0.05, 0.1) is 19.2 Å². The van der Waals surface area contributed by atoms with Crippen molar-refractivity contribution in [1.29, 1.82) is 0 Å². The summed E-state index contributed by atoms with van der Waals surface area (Å²) in [5.74, 6) is 2.39. The summed E-state index contributed by atoms with van der Waals surface area (Å²) in [7, 11) is 3.46. The zero-order valence-corrected chi connectivity index (χ0v) is 21.4. The highest BCUT2D eigenvalue weighted by Gasteiger charge is 2.06. The van der Waals surface area contributed by atoms with E-state index in [1.165, 1.54) is 16.5 Å². The van der Waals surface area contributed by atoms with Crippen LogP contribution in [0.1, 0.15) is 24.5 Å². The standard InChI is InChI=1S/C25H32N4O2.HI/c1-4-31-23-18-19(12-13-22(23)30-3)8-6-16-28-25(26-2)29-17-14-21-10-5-9-20-11-7-15-27-24(20)21;/h5,7,9-13,15,18H,4,6,8,14,16-17H2,1-3H3,(H2,26,28,29);1H. The van der Waals surface area contributed by atoms with Crippen LogP contribution in [0, 0.1) is 0 Å². The van der Waals surface area contributed by atoms with Crippen molar-refractivity contribution in [2.75, 3.05) is 33.9 Å². The lowest BCUT2D eigenvalue weighted by Gasteiger charge is -2.13. The molecule has 2 N–H and O–H groups in total. The maximum absolute atomic E-state index is 5.66. The average Bonchev–Trinajstić information content (AvgIpc) is 2.81. The van der Waals surface area contributed by atoms with Gasteiger partial charge in [-0.3, -0.25) is 9.98 Å². The lowest BCUT2D eigenvalue weighted by atomic mass is 10.1. The summed E-state index contributed by atoms with van der Waals surface area (Å²) in [6.07, 6.45) is 4.68. The van der Waals surface area contributed by atoms with Crippen LogP contribution >= 0.6 is 24.0 Å². The Bertz CT molecular complexity index is 1000. The summed E-state index contributed by atoms with van der Waals surface area (Å²) >= 11 is 0. The number of para-hydroxylation sites is 1. The van der Waals surface area contributed by atoms with Crippen LogP contribution in [0.4, 0.5) is 0 Å². The summed E-state index contributed by atoms with van der Waals surface area (Å²) in [5, 5.41) is 7.96. The van der Waals surface area contributed by atoms with Crippen molar-refractivity contribution in [2.45, 2.75) is 26.2 Å². The third kappa shape index (κ3) is 7.25. The fourth-order valence-electron chi connectivity index (χ4n) is 3.55. The molecule has 3 aromatic rings. The number of benzene rings is 2. The van der Waals surface area contributed by atoms with Crippen LogP contribution < -0.4 is 20.1 Å². The van der Waals surface area contributed by atoms with E-state index in [1.54, 1.807) is 14.2 Å². The number of guanidine groups is 1. The molecule has 32 heavy (non-hydrogen) atoms. The van der Waals surface area contributed by atoms with Crippen LogP contribution in [0.25, 0.3) is 10.9 Å². The second kappa shape index (κ2) is 13.8. The van der Waals surface area contributed by atoms with Gasteiger partial charge in [0.15, 0.2) is 17.5 Å². The number of pyridine rings is 1. The van der Waals surface area contributed by atoms with E-state index >= 15 is 0 Å². The molecule has 0 fully saturated rings. The second-order valence-corrected chi connectivity index (χ2v) is 7.19. The number of hydrogen-bond acceptors (Lipinski definition) is 4. The SMILES string of the molecule is CCOc1cc(CCCNC(=NC)NCCc2cccc3cccnc23)ccc1OC.I. The molecule has 0 saturated carbocycles. The van der Waals surface area contributed by atoms with Gasteiger partial charge in [-0.15, -0.1) is 24.0 Å². The number of fused-ring (bicyclic) bond motifs is 1. The minimum absolute atomic E-state index is 0. The molecule has 0 spiro atoms. The summed E-state index contributed by atoms with van der Waals surface area (Å²) in [5.41, 5.74) is 3.55. The molecule has 0 aliphatic heterocycles. The van der Waals surface area contributed by atoms with Gasteiger partial charge in [0.25, 0.3) is 0 Å². The average molecular weight is 548 g/mol. The molecule has 0 aliphatic rings. The highest BCUT2D eigenvalue weighted by Crippen LogP contribution is 2.28. The second-order valence-electron chi connectivity index (χ2n) is 7.19. The monoisotopic (exact) mass is 548 g/mol. The summed E-state index contributed by atoms with van der Waals surface area (Å²) in [6, 6.07) is 16.5. The van der Waals surface area contributed by atoms with Crippen molar-refractivity contribution in [1.82, 2.24) is 15.6 Å². The minimum atomic E-state index is 0. The lowest BCUT2D eigenvalue weighted by molar-refractivity contribution is 0.310. The smallest absolute Gasteiger partial charge is 0.190 e. The molecule has 3 rings (SSSR count). The maximum atomic E-state index is 5.66. The van der Waals surface area contributed by atoms with Crippen molar-refractivity contribution in [3.8, 4) is 11.5 Å². The predicted octanol–water partition coefficient (Wildman–Crippen LogP) is 4.60. The number of methoxy groups -OCH3 is 1. The molecule has 0 bridgehead atoms. The van der Waals surface area contributed by atoms with E-state index in [0.717, 1.165) is 55.3 Å². The zero-order valence-electron chi connectivity index (χ0n) is 19.1. The Morgan fingerprint density at radius 2 is 1.81 bits per heavy atom. The molecule has 0 amide bonds. The lowest BCUT2D eigenvalue weighted by Crippen LogP contribution is -2.38. The summed E-state index contributed by atoms with van der Waals surface area (Å²) < 4.78 is 11.0. The van der Waals surface area contributed by atoms with E-state index in [-0.39, 0.29) is 24.0 Å². The maximum Gasteiger partial charge on any atom is 0.190 e. The van der Waals surface area contributed by atoms with E-state index < -0.39 is 0 Å². The number of aromatic nitrogens is 1. The Morgan fingerprint density at radius 3 is 2.59 bits per heavy atom. The number of nitrogens with zero attached hydrogens (tertiary/aromatic N) is 2. The molecule has 0 aliphatic carbocycles. The number of hydrogen-bond donors (Lipinski definition) is 2. The molecular formula is C25H33IN4O2. The molecule has 0 radical (unpaired) electrons. The first kappa shape index (κ1) is 25.7. The van der Waals surface area contributed by atoms with Gasteiger partial charge in [-0.05, 0) is 55.5 Å². The number of nitrogens with one attached hydrogen (secondary N) is 2. The Kier molecular flexibility index (Phi) is 11.1. The third-order valence-electron chi connectivity index (χ3n) is 5.09. The van der Waals surface area contributed by atoms with Crippen molar-refractivity contribution >= 4 is 40.8 Å². The van der Waals surface area contributed by atoms with Crippen LogP contribution in [-0.2, 0) is 12.8 Å². The van der Waals surface area contributed by atoms with Crippen LogP contribution in [0.15, 0.2) is 59.7 Å². The number of halogens is 1. The first-order valence-electron chi connectivity index (χ1n) is 10.8. The first-order chi connectivity index (χ1) is 15.2. The van der Waals surface area contributed by atoms with E-state index in [4.69, 9.17) is 9.47 Å². The molecule has 1 aromatic heterocycles. The van der Waals surface area contributed by atoms with Crippen molar-refractivity contribution in [2.24, 2.45) is 4.99 Å². The number of ether oxygens (including phenoxy) is 2. The van der Waals surface area contributed by atoms with E-state index in [1.807, 2.05) is 25.3 Å². The van der Waals surface area contributed by atoms with Gasteiger partial charge >= 0.3 is 0 Å². The Morgan fingerprint density at radius 1 is 1.00 bits per heavy atom. The first-order valence-corrected chi connectivity index (χ1v) is 10.8. The molecule has 172 valence electrons. The number of aryl methyl sites for hydroxylation is 1. The van der Waals surface area contributed by atoms with Crippen LogP contribution in [-0.4, -0.2) is 44.8 Å². The Labute approximate surface area is 207 Å². The fourth-order valence-corrected chi connectivity index (χ4v) is 3.55. The van der Waals surface area contributed by atoms with Gasteiger partial charge in [-0.25, -0.2) is 0 Å². The molecule has 0 saturated heterocycles. The quantitative estimate of drug-likeness (QED) is 0.168. The highest BCUT2D eigenvalue weighted by molar-refractivity contribution is 14.0. The molecular weight excluding hydrogens is 515 g/mol. The molecule has 7 heteroatoms. The van der Waals surface area contributed by atoms with Gasteiger partial charge < -0.3 is 20.1 Å². The van der Waals surface area contributed by atoms with E-state index in [9.17, 15) is 0 Å². The molecule has 0 atom stereocenters. The topological polar surface area (TPSA) is 67.8 Å². The van der Waals surface area contributed by atoms with Crippen molar-refractivity contribution in [3.63, 3.8) is 0 Å². The highest BCUT2D eigenvalue weighted by atomic mass is 127. The largest absolute Gasteiger partial charge is 0.493 e. The Hall–Kier alpha value is -2.55. The molecule has 0 unspecified atom stereocenters. The van der Waals surface area contributed by atoms with Gasteiger partial charge in [0.2, 0.25) is 0 Å². The number of aliphatic imine (C=N–C) groups is 1. The van der Waals surface area contributed by atoms with Gasteiger partial charge in [0.1, 0.15) is 0 Å². The zero-order chi connectivity index (χ0) is 21.9. The van der Waals surface area contributed by atoms with Gasteiger partial charge in [0, 0.05) is 31.7 Å². The molecule has 6 nitrogen and oxygen atoms in total. The van der Waals surface area contributed by atoms with Crippen LogP contribution in [0.3, 0.4) is 0 Å². The molecule has 1 heterocycles. The van der Waals surface area contributed by atoms with E-state index in [2.05, 4.69) is 57.0 Å². The normalized spacial score (nSPS) is 11.0. The summed E-state index contributed by atoms with van der Waals surface area (Å²) in [6.45, 7) is 4.24. The van der Waals surface area contributed by atoms with Crippen LogP contribution in [0.5, 0.6) is 11.5 Å². The fraction of sp³-hybridized carbons (Fsp3) is 0.360. The van der Waals surface area contributed by atoms with Crippen molar-refractivity contribution < 1.29 is 9.47 Å².